The standard InChI is InChI=1S/C86H124O26/c1-4-99-71-53-55-74(56-54-71)112-86(98)70-47-51-73(52-48-70)111-85(97)69-45-49-72(50-46-69)100-57-25-5-6-26-58-101-75(87)36-16-7-27-59-102-76(88)37-17-8-28-60-103-77(89)38-18-9-29-61-104-78(90)39-19-10-30-62-105-79(91)40-20-11-31-63-106-80(92)41-21-12-32-64-107-81(93)42-22-13-33-65-108-82(94)43-23-14-34-66-109-83(95)44-24-15-35-67-110-84(96)68(2)3/h45-56H,2,4-44,57-67H2,1,3H3. The Kier molecular flexibility index (Phi) is 56.4. The molecule has 0 bridgehead atoms. The Morgan fingerprint density at radius 1 is 0.232 bits per heavy atom. The Bertz CT molecular complexity index is 3160. The number of carbonyl (C=O) groups excluding carboxylic acids is 12. The summed E-state index contributed by atoms with van der Waals surface area (Å²) in [4.78, 5) is 146. The first-order chi connectivity index (χ1) is 54.4. The van der Waals surface area contributed by atoms with Crippen molar-refractivity contribution >= 4 is 71.6 Å². The fraction of sp³-hybridized carbons (Fsp3) is 0.628. The molecule has 0 saturated heterocycles. The molecule has 0 aromatic heterocycles. The lowest BCUT2D eigenvalue weighted by molar-refractivity contribution is -0.146. The Balaban J connectivity index is 0.969. The molecule has 0 radical (unpaired) electrons. The average molecular weight is 1570 g/mol. The van der Waals surface area contributed by atoms with Gasteiger partial charge in [-0.3, -0.25) is 43.2 Å². The van der Waals surface area contributed by atoms with Crippen molar-refractivity contribution in [1.29, 1.82) is 0 Å². The highest BCUT2D eigenvalue weighted by Gasteiger charge is 2.16. The van der Waals surface area contributed by atoms with E-state index >= 15 is 0 Å². The van der Waals surface area contributed by atoms with Crippen molar-refractivity contribution < 1.29 is 124 Å². The molecule has 0 aliphatic carbocycles. The molecule has 0 spiro atoms. The lowest BCUT2D eigenvalue weighted by atomic mass is 10.2. The number of hydrogen-bond acceptors (Lipinski definition) is 26. The van der Waals surface area contributed by atoms with Gasteiger partial charge in [0.05, 0.1) is 90.4 Å². The van der Waals surface area contributed by atoms with E-state index in [1.807, 2.05) is 6.92 Å². The third-order valence-corrected chi connectivity index (χ3v) is 17.2. The second-order valence-corrected chi connectivity index (χ2v) is 27.2. The predicted octanol–water partition coefficient (Wildman–Crippen LogP) is 16.5. The van der Waals surface area contributed by atoms with Crippen molar-refractivity contribution in [3.8, 4) is 23.0 Å². The van der Waals surface area contributed by atoms with Crippen molar-refractivity contribution in [3.05, 3.63) is 96.1 Å². The van der Waals surface area contributed by atoms with Gasteiger partial charge < -0.3 is 66.3 Å². The zero-order valence-electron chi connectivity index (χ0n) is 66.5. The monoisotopic (exact) mass is 1570 g/mol. The predicted molar refractivity (Wildman–Crippen MR) is 415 cm³/mol. The maximum absolute atomic E-state index is 12.7. The van der Waals surface area contributed by atoms with Gasteiger partial charge in [0.25, 0.3) is 0 Å². The summed E-state index contributed by atoms with van der Waals surface area (Å²) < 4.78 is 74.9. The molecule has 0 saturated carbocycles. The summed E-state index contributed by atoms with van der Waals surface area (Å²) in [6.07, 6.45) is 23.8. The summed E-state index contributed by atoms with van der Waals surface area (Å²) in [5.74, 6) is -2.06. The lowest BCUT2D eigenvalue weighted by Crippen LogP contribution is -2.10. The SMILES string of the molecule is C=C(C)C(=O)OCCCCCC(=O)OCCCCCC(=O)OCCCCCC(=O)OCCCCCC(=O)OCCCCCC(=O)OCCCCCC(=O)OCCCCCC(=O)OCCCCCC(=O)OCCCCCC(=O)OCCCCCCOc1ccc(C(=O)Oc2ccc(C(=O)Oc3ccc(OCC)cc3)cc2)cc1. The molecule has 624 valence electrons. The molecule has 0 heterocycles. The van der Waals surface area contributed by atoms with E-state index in [1.165, 1.54) is 24.3 Å². The minimum absolute atomic E-state index is 0.246. The van der Waals surface area contributed by atoms with Gasteiger partial charge in [-0.05, 0) is 286 Å². The van der Waals surface area contributed by atoms with Crippen LogP contribution in [0.4, 0.5) is 0 Å². The Hall–Kier alpha value is -9.36. The van der Waals surface area contributed by atoms with E-state index in [4.69, 9.17) is 66.3 Å². The molecule has 3 aromatic rings. The first kappa shape index (κ1) is 96.8. The van der Waals surface area contributed by atoms with Crippen molar-refractivity contribution in [2.24, 2.45) is 0 Å². The van der Waals surface area contributed by atoms with E-state index in [-0.39, 0.29) is 138 Å². The first-order valence-electron chi connectivity index (χ1n) is 40.6. The average Bonchev–Trinajstić information content (AvgIpc) is 0.855. The van der Waals surface area contributed by atoms with Gasteiger partial charge in [0.1, 0.15) is 23.0 Å². The maximum atomic E-state index is 12.7. The van der Waals surface area contributed by atoms with Gasteiger partial charge in [-0.25, -0.2) is 14.4 Å². The summed E-state index contributed by atoms with van der Waals surface area (Å²) in [5.41, 5.74) is 0.993. The van der Waals surface area contributed by atoms with E-state index < -0.39 is 17.9 Å². The van der Waals surface area contributed by atoms with Crippen LogP contribution in [-0.4, -0.2) is 151 Å². The molecule has 3 aromatic carbocycles. The van der Waals surface area contributed by atoms with Gasteiger partial charge in [0.15, 0.2) is 0 Å². The van der Waals surface area contributed by atoms with Gasteiger partial charge in [-0.15, -0.1) is 0 Å². The number of unbranched alkanes of at least 4 members (excludes halogenated alkanes) is 21. The third kappa shape index (κ3) is 54.3. The Morgan fingerprint density at radius 2 is 0.420 bits per heavy atom. The van der Waals surface area contributed by atoms with Crippen LogP contribution in [0.25, 0.3) is 0 Å². The van der Waals surface area contributed by atoms with Gasteiger partial charge in [-0.2, -0.15) is 0 Å². The van der Waals surface area contributed by atoms with Crippen LogP contribution in [0.3, 0.4) is 0 Å². The molecule has 3 rings (SSSR count). The molecular weight excluding hydrogens is 1450 g/mol. The smallest absolute Gasteiger partial charge is 0.343 e. The van der Waals surface area contributed by atoms with Gasteiger partial charge in [0.2, 0.25) is 0 Å². The zero-order valence-corrected chi connectivity index (χ0v) is 66.5. The van der Waals surface area contributed by atoms with E-state index in [9.17, 15) is 57.5 Å². The van der Waals surface area contributed by atoms with Crippen molar-refractivity contribution in [1.82, 2.24) is 0 Å². The van der Waals surface area contributed by atoms with Crippen LogP contribution >= 0.6 is 0 Å². The molecule has 112 heavy (non-hydrogen) atoms. The fourth-order valence-corrected chi connectivity index (χ4v) is 10.7. The molecule has 0 N–H and O–H groups in total. The summed E-state index contributed by atoms with van der Waals surface area (Å²) in [7, 11) is 0. The largest absolute Gasteiger partial charge is 0.494 e. The van der Waals surface area contributed by atoms with Crippen LogP contribution in [0.1, 0.15) is 291 Å². The van der Waals surface area contributed by atoms with Gasteiger partial charge in [0, 0.05) is 63.4 Å². The Morgan fingerprint density at radius 3 is 0.652 bits per heavy atom. The van der Waals surface area contributed by atoms with Crippen LogP contribution in [0.5, 0.6) is 23.0 Å². The lowest BCUT2D eigenvalue weighted by Gasteiger charge is -2.09. The van der Waals surface area contributed by atoms with Crippen LogP contribution < -0.4 is 18.9 Å². The third-order valence-electron chi connectivity index (χ3n) is 17.2. The quantitative estimate of drug-likeness (QED) is 0.0166. The molecule has 0 aliphatic heterocycles. The number of benzene rings is 3. The molecule has 0 atom stereocenters. The number of ether oxygens (including phenoxy) is 14. The normalized spacial score (nSPS) is 10.8. The molecule has 0 amide bonds. The molecular formula is C86H124O26. The summed E-state index contributed by atoms with van der Waals surface area (Å²) in [6.45, 7) is 10.9. The van der Waals surface area contributed by atoms with Gasteiger partial charge >= 0.3 is 71.6 Å². The van der Waals surface area contributed by atoms with Crippen molar-refractivity contribution in [2.75, 3.05) is 79.3 Å². The van der Waals surface area contributed by atoms with Gasteiger partial charge in [-0.1, -0.05) is 6.58 Å². The molecule has 26 nitrogen and oxygen atoms in total. The molecule has 0 aliphatic rings. The second-order valence-electron chi connectivity index (χ2n) is 27.2. The summed E-state index contributed by atoms with van der Waals surface area (Å²) in [6, 6.07) is 19.5. The first-order valence-corrected chi connectivity index (χ1v) is 40.6. The topological polar surface area (TPSA) is 334 Å². The number of hydrogen-bond donors (Lipinski definition) is 0. The highest BCUT2D eigenvalue weighted by atomic mass is 16.6. The van der Waals surface area contributed by atoms with Crippen LogP contribution in [0.15, 0.2) is 84.9 Å². The summed E-state index contributed by atoms with van der Waals surface area (Å²) in [5, 5.41) is 0. The number of esters is 12. The van der Waals surface area contributed by atoms with Crippen LogP contribution in [-0.2, 0) is 95.3 Å². The van der Waals surface area contributed by atoms with Crippen molar-refractivity contribution in [2.45, 2.75) is 271 Å². The number of rotatable bonds is 69. The maximum Gasteiger partial charge on any atom is 0.343 e. The van der Waals surface area contributed by atoms with Crippen molar-refractivity contribution in [3.63, 3.8) is 0 Å². The van der Waals surface area contributed by atoms with E-state index in [0.717, 1.165) is 51.4 Å². The van der Waals surface area contributed by atoms with E-state index in [0.29, 0.717) is 241 Å². The minimum atomic E-state index is -0.555. The second kappa shape index (κ2) is 65.2. The summed E-state index contributed by atoms with van der Waals surface area (Å²) >= 11 is 0. The van der Waals surface area contributed by atoms with Crippen LogP contribution in [0, 0.1) is 0 Å². The zero-order chi connectivity index (χ0) is 81.1. The molecule has 0 unspecified atom stereocenters. The van der Waals surface area contributed by atoms with E-state index in [1.54, 1.807) is 55.5 Å². The highest BCUT2D eigenvalue weighted by Crippen LogP contribution is 2.22. The van der Waals surface area contributed by atoms with E-state index in [2.05, 4.69) is 6.58 Å². The minimum Gasteiger partial charge on any atom is -0.494 e. The number of carbonyl (C=O) groups is 12. The molecule has 0 fully saturated rings. The molecule has 26 heteroatoms. The Labute approximate surface area is 661 Å². The van der Waals surface area contributed by atoms with Crippen LogP contribution in [0.2, 0.25) is 0 Å². The highest BCUT2D eigenvalue weighted by molar-refractivity contribution is 5.93. The fourth-order valence-electron chi connectivity index (χ4n) is 10.7.